The van der Waals surface area contributed by atoms with Gasteiger partial charge in [0.15, 0.2) is 12.4 Å². The van der Waals surface area contributed by atoms with Crippen molar-refractivity contribution in [2.75, 3.05) is 0 Å². The van der Waals surface area contributed by atoms with Gasteiger partial charge in [0.2, 0.25) is 0 Å². The monoisotopic (exact) mass is 350 g/mol. The van der Waals surface area contributed by atoms with E-state index in [1.54, 1.807) is 0 Å². The van der Waals surface area contributed by atoms with Crippen LogP contribution < -0.4 is 30.4 Å². The van der Waals surface area contributed by atoms with E-state index in [1.165, 1.54) is 36.7 Å². The molecular formula is C10H8MoN2O6-6. The number of hydrogen-bond donors (Lipinski definition) is 0. The van der Waals surface area contributed by atoms with Gasteiger partial charge in [0.05, 0.1) is 0 Å². The van der Waals surface area contributed by atoms with Crippen LogP contribution in [0.15, 0.2) is 36.7 Å². The zero-order valence-corrected chi connectivity index (χ0v) is 11.3. The maximum Gasteiger partial charge on any atom is 0.166 e. The van der Waals surface area contributed by atoms with Gasteiger partial charge in [0.25, 0.3) is 0 Å². The standard InChI is InChI=1S/2C5H5NO2.Mo.2O/c2*7-4-2-1-3-6-5(4)8;;;/h2*1-3,7H,(H,6,8);;;/q;;;2*-2/p-2. The van der Waals surface area contributed by atoms with Crippen LogP contribution in [0, 0.1) is 0 Å². The van der Waals surface area contributed by atoms with Gasteiger partial charge >= 0.3 is 0 Å². The maximum absolute atomic E-state index is 10.3. The van der Waals surface area contributed by atoms with E-state index in [1.807, 2.05) is 0 Å². The minimum Gasteiger partial charge on any atom is -2.00 e. The fourth-order valence-corrected chi connectivity index (χ4v) is 0.812. The van der Waals surface area contributed by atoms with Crippen molar-refractivity contribution in [3.05, 3.63) is 36.7 Å². The largest absolute Gasteiger partial charge is 2.00 e. The van der Waals surface area contributed by atoms with E-state index < -0.39 is 23.3 Å². The van der Waals surface area contributed by atoms with Crippen LogP contribution in [0.3, 0.4) is 0 Å². The second-order valence-electron chi connectivity index (χ2n) is 2.73. The van der Waals surface area contributed by atoms with Gasteiger partial charge in [-0.15, -0.1) is 0 Å². The first-order valence-corrected chi connectivity index (χ1v) is 4.30. The molecule has 2 aromatic rings. The van der Waals surface area contributed by atoms with E-state index in [9.17, 15) is 20.4 Å². The van der Waals surface area contributed by atoms with E-state index in [4.69, 9.17) is 0 Å². The number of H-pyrrole nitrogens is 2. The maximum atomic E-state index is 10.3. The van der Waals surface area contributed by atoms with Crippen LogP contribution in [0.5, 0.6) is 23.3 Å². The molecule has 0 spiro atoms. The van der Waals surface area contributed by atoms with Gasteiger partial charge in [-0.05, 0) is 11.5 Å². The van der Waals surface area contributed by atoms with Gasteiger partial charge in [0.1, 0.15) is 11.8 Å². The molecule has 0 atom stereocenters. The molecule has 2 aromatic heterocycles. The van der Waals surface area contributed by atoms with Gasteiger partial charge in [-0.25, -0.2) is 9.97 Å². The second kappa shape index (κ2) is 11.2. The van der Waals surface area contributed by atoms with E-state index in [0.29, 0.717) is 0 Å². The van der Waals surface area contributed by atoms with E-state index in [0.717, 1.165) is 0 Å². The molecule has 2 rings (SSSR count). The van der Waals surface area contributed by atoms with E-state index in [2.05, 4.69) is 9.97 Å². The van der Waals surface area contributed by atoms with Crippen LogP contribution >= 0.6 is 0 Å². The fraction of sp³-hybridized carbons (Fsp3) is 0. The average molecular weight is 348 g/mol. The Morgan fingerprint density at radius 2 is 1.00 bits per heavy atom. The predicted molar refractivity (Wildman–Crippen MR) is 45.2 cm³/mol. The molecule has 0 amide bonds. The van der Waals surface area contributed by atoms with Crippen molar-refractivity contribution in [2.24, 2.45) is 0 Å². The van der Waals surface area contributed by atoms with E-state index >= 15 is 0 Å². The smallest absolute Gasteiger partial charge is 0.166 e. The Labute approximate surface area is 122 Å². The number of nitrogens with one attached hydrogen (secondary N) is 2. The third-order valence-corrected chi connectivity index (χ3v) is 1.56. The van der Waals surface area contributed by atoms with Gasteiger partial charge < -0.3 is 31.4 Å². The third kappa shape index (κ3) is 7.93. The topological polar surface area (TPSA) is 178 Å². The summed E-state index contributed by atoms with van der Waals surface area (Å²) in [5.74, 6) is -2.11. The van der Waals surface area contributed by atoms with Crippen LogP contribution in [0.4, 0.5) is 0 Å². The molecule has 0 unspecified atom stereocenters. The van der Waals surface area contributed by atoms with Gasteiger partial charge in [-0.1, -0.05) is 12.1 Å². The van der Waals surface area contributed by atoms with Gasteiger partial charge in [-0.2, -0.15) is 0 Å². The Morgan fingerprint density at radius 3 is 1.16 bits per heavy atom. The van der Waals surface area contributed by atoms with Crippen molar-refractivity contribution in [3.8, 4) is 23.3 Å². The number of hydrogen-bond acceptors (Lipinski definition) is 4. The van der Waals surface area contributed by atoms with Crippen LogP contribution in [-0.2, 0) is 32.0 Å². The minimum atomic E-state index is -0.562. The van der Waals surface area contributed by atoms with Crippen LogP contribution in [-0.4, -0.2) is 0 Å². The number of pyridine rings is 2. The number of aromatic nitrogens is 2. The fourth-order valence-electron chi connectivity index (χ4n) is 0.812. The molecule has 0 bridgehead atoms. The molecular weight excluding hydrogens is 340 g/mol. The van der Waals surface area contributed by atoms with Gasteiger partial charge in [-0.3, -0.25) is 0 Å². The first-order chi connectivity index (χ1) is 7.61. The summed E-state index contributed by atoms with van der Waals surface area (Å²) in [5, 5.41) is 41.1. The predicted octanol–water partition coefficient (Wildman–Crippen LogP) is -2.94. The molecule has 0 radical (unpaired) electrons. The summed E-state index contributed by atoms with van der Waals surface area (Å²) >= 11 is 0. The SMILES string of the molecule is [Mo].[O-2].[O-2].[O-]c1ccc[nH+]c1[O-].[O-]c1ccc[nH+]c1[O-]. The molecule has 0 fully saturated rings. The summed E-state index contributed by atoms with van der Waals surface area (Å²) < 4.78 is 0. The Hall–Kier alpha value is -1.89. The Bertz CT molecular complexity index is 386. The normalized spacial score (nSPS) is 7.58. The van der Waals surface area contributed by atoms with Crippen molar-refractivity contribution in [2.45, 2.75) is 0 Å². The van der Waals surface area contributed by atoms with Crippen LogP contribution in [0.2, 0.25) is 0 Å². The van der Waals surface area contributed by atoms with Gasteiger partial charge in [0, 0.05) is 33.2 Å². The minimum absolute atomic E-state index is 0. The Kier molecular flexibility index (Phi) is 13.2. The van der Waals surface area contributed by atoms with Crippen molar-refractivity contribution in [3.63, 3.8) is 0 Å². The van der Waals surface area contributed by atoms with Crippen molar-refractivity contribution in [1.29, 1.82) is 0 Å². The average Bonchev–Trinajstić information content (AvgIpc) is 2.28. The molecule has 0 aliphatic rings. The quantitative estimate of drug-likeness (QED) is 0.462. The van der Waals surface area contributed by atoms with Crippen molar-refractivity contribution in [1.82, 2.24) is 0 Å². The molecule has 19 heavy (non-hydrogen) atoms. The summed E-state index contributed by atoms with van der Waals surface area (Å²) in [4.78, 5) is 4.46. The van der Waals surface area contributed by atoms with Crippen LogP contribution in [0.25, 0.3) is 0 Å². The molecule has 0 aliphatic heterocycles. The second-order valence-corrected chi connectivity index (χ2v) is 2.73. The molecule has 0 aliphatic carbocycles. The summed E-state index contributed by atoms with van der Waals surface area (Å²) in [7, 11) is 0. The molecule has 2 heterocycles. The van der Waals surface area contributed by atoms with E-state index in [-0.39, 0.29) is 32.0 Å². The van der Waals surface area contributed by atoms with Crippen molar-refractivity contribution < 1.29 is 62.4 Å². The zero-order valence-electron chi connectivity index (χ0n) is 9.32. The molecule has 0 saturated carbocycles. The summed E-state index contributed by atoms with van der Waals surface area (Å²) in [5.41, 5.74) is 0. The molecule has 8 nitrogen and oxygen atoms in total. The first kappa shape index (κ1) is 22.3. The molecule has 9 heteroatoms. The third-order valence-electron chi connectivity index (χ3n) is 1.56. The number of rotatable bonds is 0. The Morgan fingerprint density at radius 1 is 0.684 bits per heavy atom. The Balaban J connectivity index is -0.000000233. The molecule has 2 N–H and O–H groups in total. The summed E-state index contributed by atoms with van der Waals surface area (Å²) in [6.45, 7) is 0. The molecule has 106 valence electrons. The first-order valence-electron chi connectivity index (χ1n) is 4.30. The van der Waals surface area contributed by atoms with Crippen molar-refractivity contribution >= 4 is 0 Å². The summed E-state index contributed by atoms with van der Waals surface area (Å²) in [6.07, 6.45) is 2.84. The number of aromatic amines is 2. The molecule has 0 aromatic carbocycles. The zero-order chi connectivity index (χ0) is 12.0. The van der Waals surface area contributed by atoms with Crippen LogP contribution in [0.1, 0.15) is 0 Å². The molecule has 0 saturated heterocycles. The summed E-state index contributed by atoms with van der Waals surface area (Å²) in [6, 6.07) is 5.42.